The van der Waals surface area contributed by atoms with E-state index in [-0.39, 0.29) is 17.0 Å². The Morgan fingerprint density at radius 1 is 1.16 bits per heavy atom. The van der Waals surface area contributed by atoms with Gasteiger partial charge in [-0.1, -0.05) is 43.6 Å². The maximum absolute atomic E-state index is 12.8. The maximum Gasteiger partial charge on any atom is 0.343 e. The van der Waals surface area contributed by atoms with E-state index in [4.69, 9.17) is 25.8 Å². The lowest BCUT2D eigenvalue weighted by atomic mass is 9.83. The fraction of sp³-hybridized carbons (Fsp3) is 0.360. The lowest BCUT2D eigenvalue weighted by Gasteiger charge is -2.27. The van der Waals surface area contributed by atoms with Gasteiger partial charge in [-0.05, 0) is 54.7 Å². The first kappa shape index (κ1) is 23.0. The number of benzene rings is 2. The second-order valence-electron chi connectivity index (χ2n) is 8.51. The van der Waals surface area contributed by atoms with Gasteiger partial charge in [0.15, 0.2) is 5.78 Å². The molecule has 0 amide bonds. The molecule has 1 aliphatic rings. The number of hydrogen-bond acceptors (Lipinski definition) is 5. The van der Waals surface area contributed by atoms with E-state index in [9.17, 15) is 9.59 Å². The van der Waals surface area contributed by atoms with Crippen LogP contribution in [0.15, 0.2) is 59.9 Å². The average Bonchev–Trinajstić information content (AvgIpc) is 2.81. The molecular formula is C25H27ClO5. The number of halogens is 1. The Kier molecular flexibility index (Phi) is 7.19. The number of hydrogen-bond donors (Lipinski definition) is 0. The topological polar surface area (TPSA) is 61.8 Å². The van der Waals surface area contributed by atoms with Crippen LogP contribution in [0.1, 0.15) is 49.5 Å². The third kappa shape index (κ3) is 5.96. The van der Waals surface area contributed by atoms with Gasteiger partial charge in [-0.3, -0.25) is 4.79 Å². The van der Waals surface area contributed by atoms with Gasteiger partial charge in [0.25, 0.3) is 0 Å². The van der Waals surface area contributed by atoms with E-state index < -0.39 is 12.1 Å². The standard InChI is InChI=1S/C25H27ClO5/c1-16-21(27)13-25(2,3)14-22(30-15-17-8-10-20(29-4)11-9-17)23(16)31-24(28)18-6-5-7-19(26)12-18/h5-12,22H,13-15H2,1-4H3. The van der Waals surface area contributed by atoms with Gasteiger partial charge in [0.1, 0.15) is 17.6 Å². The molecule has 0 N–H and O–H groups in total. The number of ether oxygens (including phenoxy) is 3. The van der Waals surface area contributed by atoms with Crippen molar-refractivity contribution in [3.8, 4) is 5.75 Å². The zero-order valence-electron chi connectivity index (χ0n) is 18.2. The van der Waals surface area contributed by atoms with E-state index in [0.717, 1.165) is 11.3 Å². The van der Waals surface area contributed by atoms with Crippen molar-refractivity contribution in [3.05, 3.63) is 76.0 Å². The maximum atomic E-state index is 12.8. The Bertz CT molecular complexity index is 991. The molecule has 31 heavy (non-hydrogen) atoms. The second-order valence-corrected chi connectivity index (χ2v) is 8.94. The fourth-order valence-electron chi connectivity index (χ4n) is 3.58. The zero-order valence-corrected chi connectivity index (χ0v) is 19.0. The monoisotopic (exact) mass is 442 g/mol. The Labute approximate surface area is 188 Å². The fourth-order valence-corrected chi connectivity index (χ4v) is 3.77. The molecule has 0 heterocycles. The van der Waals surface area contributed by atoms with Crippen molar-refractivity contribution in [2.75, 3.05) is 7.11 Å². The molecular weight excluding hydrogens is 416 g/mol. The first-order valence-corrected chi connectivity index (χ1v) is 10.5. The summed E-state index contributed by atoms with van der Waals surface area (Å²) in [5, 5.41) is 0.436. The third-order valence-corrected chi connectivity index (χ3v) is 5.57. The van der Waals surface area contributed by atoms with E-state index in [0.29, 0.717) is 35.6 Å². The molecule has 1 aliphatic carbocycles. The molecule has 1 unspecified atom stereocenters. The summed E-state index contributed by atoms with van der Waals surface area (Å²) >= 11 is 6.01. The van der Waals surface area contributed by atoms with Gasteiger partial charge in [0.2, 0.25) is 0 Å². The average molecular weight is 443 g/mol. The van der Waals surface area contributed by atoms with E-state index in [1.165, 1.54) is 6.07 Å². The van der Waals surface area contributed by atoms with Gasteiger partial charge < -0.3 is 14.2 Å². The van der Waals surface area contributed by atoms with Gasteiger partial charge in [-0.25, -0.2) is 4.79 Å². The molecule has 1 atom stereocenters. The Balaban J connectivity index is 1.85. The van der Waals surface area contributed by atoms with Gasteiger partial charge >= 0.3 is 5.97 Å². The highest BCUT2D eigenvalue weighted by molar-refractivity contribution is 6.30. The molecule has 0 aliphatic heterocycles. The number of carbonyl (C=O) groups is 2. The first-order chi connectivity index (χ1) is 14.7. The Hall–Kier alpha value is -2.63. The van der Waals surface area contributed by atoms with Crippen molar-refractivity contribution in [2.45, 2.75) is 46.3 Å². The zero-order chi connectivity index (χ0) is 22.6. The van der Waals surface area contributed by atoms with Crippen LogP contribution in [0.25, 0.3) is 0 Å². The normalized spacial score (nSPS) is 18.5. The molecule has 6 heteroatoms. The summed E-state index contributed by atoms with van der Waals surface area (Å²) < 4.78 is 17.1. The van der Waals surface area contributed by atoms with Crippen LogP contribution in [0, 0.1) is 5.41 Å². The van der Waals surface area contributed by atoms with Crippen molar-refractivity contribution >= 4 is 23.4 Å². The number of esters is 1. The molecule has 0 saturated carbocycles. The summed E-state index contributed by atoms with van der Waals surface area (Å²) in [6.45, 7) is 6.03. The molecule has 0 saturated heterocycles. The largest absolute Gasteiger partial charge is 0.497 e. The van der Waals surface area contributed by atoms with Gasteiger partial charge in [0, 0.05) is 17.0 Å². The minimum absolute atomic E-state index is 0.0468. The van der Waals surface area contributed by atoms with E-state index in [1.807, 2.05) is 38.1 Å². The summed E-state index contributed by atoms with van der Waals surface area (Å²) in [6.07, 6.45) is 0.371. The van der Waals surface area contributed by atoms with Gasteiger partial charge in [0.05, 0.1) is 19.3 Å². The predicted molar refractivity (Wildman–Crippen MR) is 119 cm³/mol. The van der Waals surface area contributed by atoms with Crippen LogP contribution in [0.3, 0.4) is 0 Å². The van der Waals surface area contributed by atoms with E-state index in [1.54, 1.807) is 32.2 Å². The van der Waals surface area contributed by atoms with Crippen molar-refractivity contribution < 1.29 is 23.8 Å². The van der Waals surface area contributed by atoms with Crippen LogP contribution in [0.2, 0.25) is 5.02 Å². The molecule has 0 aromatic heterocycles. The van der Waals surface area contributed by atoms with Crippen molar-refractivity contribution in [2.24, 2.45) is 5.41 Å². The molecule has 0 fully saturated rings. The highest BCUT2D eigenvalue weighted by Crippen LogP contribution is 2.37. The van der Waals surface area contributed by atoms with Crippen LogP contribution in [0.4, 0.5) is 0 Å². The minimum Gasteiger partial charge on any atom is -0.497 e. The minimum atomic E-state index is -0.567. The lowest BCUT2D eigenvalue weighted by Crippen LogP contribution is -2.26. The number of allylic oxidation sites excluding steroid dienone is 1. The smallest absolute Gasteiger partial charge is 0.343 e. The molecule has 2 aromatic carbocycles. The van der Waals surface area contributed by atoms with Crippen molar-refractivity contribution in [1.82, 2.24) is 0 Å². The van der Waals surface area contributed by atoms with Crippen LogP contribution >= 0.6 is 11.6 Å². The molecule has 2 aromatic rings. The number of Topliss-reactive ketones (excluding diaryl/α,β-unsaturated/α-hetero) is 1. The predicted octanol–water partition coefficient (Wildman–Crippen LogP) is 5.75. The highest BCUT2D eigenvalue weighted by atomic mass is 35.5. The lowest BCUT2D eigenvalue weighted by molar-refractivity contribution is -0.117. The highest BCUT2D eigenvalue weighted by Gasteiger charge is 2.37. The Morgan fingerprint density at radius 2 is 1.87 bits per heavy atom. The molecule has 0 spiro atoms. The number of carbonyl (C=O) groups excluding carboxylic acids is 2. The summed E-state index contributed by atoms with van der Waals surface area (Å²) in [7, 11) is 1.62. The number of rotatable bonds is 6. The molecule has 5 nitrogen and oxygen atoms in total. The van der Waals surface area contributed by atoms with Gasteiger partial charge in [-0.2, -0.15) is 0 Å². The third-order valence-electron chi connectivity index (χ3n) is 5.33. The van der Waals surface area contributed by atoms with Crippen molar-refractivity contribution in [3.63, 3.8) is 0 Å². The van der Waals surface area contributed by atoms with E-state index in [2.05, 4.69) is 0 Å². The van der Waals surface area contributed by atoms with Crippen LogP contribution in [-0.4, -0.2) is 25.0 Å². The SMILES string of the molecule is COc1ccc(COC2CC(C)(C)CC(=O)C(C)=C2OC(=O)c2cccc(Cl)c2)cc1. The molecule has 0 radical (unpaired) electrons. The quantitative estimate of drug-likeness (QED) is 0.532. The molecule has 0 bridgehead atoms. The number of methoxy groups -OCH3 is 1. The molecule has 164 valence electrons. The summed E-state index contributed by atoms with van der Waals surface area (Å²) in [4.78, 5) is 25.5. The van der Waals surface area contributed by atoms with E-state index >= 15 is 0 Å². The summed E-state index contributed by atoms with van der Waals surface area (Å²) in [6, 6.07) is 14.1. The van der Waals surface area contributed by atoms with Crippen molar-refractivity contribution in [1.29, 1.82) is 0 Å². The van der Waals surface area contributed by atoms with Crippen LogP contribution in [-0.2, 0) is 20.9 Å². The molecule has 3 rings (SSSR count). The van der Waals surface area contributed by atoms with Crippen LogP contribution < -0.4 is 4.74 Å². The van der Waals surface area contributed by atoms with Crippen LogP contribution in [0.5, 0.6) is 5.75 Å². The van der Waals surface area contributed by atoms with Gasteiger partial charge in [-0.15, -0.1) is 0 Å². The second kappa shape index (κ2) is 9.67. The first-order valence-electron chi connectivity index (χ1n) is 10.1. The summed E-state index contributed by atoms with van der Waals surface area (Å²) in [5.74, 6) is 0.419. The number of ketones is 1. The Morgan fingerprint density at radius 3 is 2.52 bits per heavy atom. The summed E-state index contributed by atoms with van der Waals surface area (Å²) in [5.41, 5.74) is 1.39.